The van der Waals surface area contributed by atoms with Gasteiger partial charge in [0.15, 0.2) is 5.11 Å². The fourth-order valence-electron chi connectivity index (χ4n) is 1.17. The number of nitrogens with one attached hydrogen (secondary N) is 2. The van der Waals surface area contributed by atoms with Crippen LogP contribution in [-0.4, -0.2) is 21.0 Å². The first-order chi connectivity index (χ1) is 7.88. The number of carbonyl (C=O) groups excluding carboxylic acids is 1. The van der Waals surface area contributed by atoms with Gasteiger partial charge >= 0.3 is 0 Å². The van der Waals surface area contributed by atoms with E-state index in [2.05, 4.69) is 20.6 Å². The third-order valence-electron chi connectivity index (χ3n) is 1.97. The fourth-order valence-corrected chi connectivity index (χ4v) is 1.36. The van der Waals surface area contributed by atoms with E-state index in [-0.39, 0.29) is 16.9 Å². The van der Waals surface area contributed by atoms with Crippen molar-refractivity contribution >= 4 is 29.2 Å². The Morgan fingerprint density at radius 2 is 1.82 bits per heavy atom. The highest BCUT2D eigenvalue weighted by atomic mass is 32.1. The Bertz CT molecular complexity index is 425. The van der Waals surface area contributed by atoms with E-state index in [4.69, 9.17) is 12.2 Å². The summed E-state index contributed by atoms with van der Waals surface area (Å²) >= 11 is 5.00. The van der Waals surface area contributed by atoms with Crippen molar-refractivity contribution in [3.63, 3.8) is 0 Å². The quantitative estimate of drug-likeness (QED) is 0.782. The van der Waals surface area contributed by atoms with Crippen LogP contribution >= 0.6 is 12.2 Å². The maximum absolute atomic E-state index is 11.4. The lowest BCUT2D eigenvalue weighted by atomic mass is 10.2. The summed E-state index contributed by atoms with van der Waals surface area (Å²) in [6.07, 6.45) is 0. The molecule has 17 heavy (non-hydrogen) atoms. The van der Waals surface area contributed by atoms with Gasteiger partial charge in [0, 0.05) is 17.3 Å². The van der Waals surface area contributed by atoms with Gasteiger partial charge in [-0.25, -0.2) is 9.97 Å². The minimum absolute atomic E-state index is 0.116. The van der Waals surface area contributed by atoms with Crippen molar-refractivity contribution in [1.29, 1.82) is 0 Å². The molecule has 1 aromatic heterocycles. The Balaban J connectivity index is 2.65. The summed E-state index contributed by atoms with van der Waals surface area (Å²) in [5, 5.41) is 5.57. The van der Waals surface area contributed by atoms with E-state index in [0.717, 1.165) is 11.4 Å². The average Bonchev–Trinajstić information content (AvgIpc) is 2.14. The summed E-state index contributed by atoms with van der Waals surface area (Å²) in [6, 6.07) is 1.86. The molecule has 1 amide bonds. The van der Waals surface area contributed by atoms with Gasteiger partial charge < -0.3 is 10.6 Å². The topological polar surface area (TPSA) is 66.9 Å². The molecule has 5 nitrogen and oxygen atoms in total. The molecule has 0 aromatic carbocycles. The zero-order chi connectivity index (χ0) is 13.0. The predicted octanol–water partition coefficient (Wildman–Crippen LogP) is 1.56. The summed E-state index contributed by atoms with van der Waals surface area (Å²) in [5.41, 5.74) is 1.69. The second-order valence-electron chi connectivity index (χ2n) is 4.07. The lowest BCUT2D eigenvalue weighted by molar-refractivity contribution is -0.122. The van der Waals surface area contributed by atoms with Gasteiger partial charge in [-0.05, 0) is 32.1 Å². The van der Waals surface area contributed by atoms with Crippen molar-refractivity contribution < 1.29 is 4.79 Å². The summed E-state index contributed by atoms with van der Waals surface area (Å²) in [4.78, 5) is 19.7. The molecule has 0 spiro atoms. The largest absolute Gasteiger partial charge is 0.303 e. The number of aryl methyl sites for hydroxylation is 2. The number of amides is 1. The molecule has 0 fully saturated rings. The number of hydrogen-bond acceptors (Lipinski definition) is 4. The van der Waals surface area contributed by atoms with Crippen LogP contribution in [0.3, 0.4) is 0 Å². The smallest absolute Gasteiger partial charge is 0.229 e. The van der Waals surface area contributed by atoms with Crippen LogP contribution in [0.5, 0.6) is 0 Å². The molecule has 0 bridgehead atoms. The lowest BCUT2D eigenvalue weighted by Crippen LogP contribution is -2.37. The van der Waals surface area contributed by atoms with Crippen molar-refractivity contribution in [2.45, 2.75) is 27.7 Å². The van der Waals surface area contributed by atoms with Gasteiger partial charge in [-0.1, -0.05) is 13.8 Å². The van der Waals surface area contributed by atoms with Crippen LogP contribution in [0.15, 0.2) is 6.07 Å². The molecule has 0 aliphatic carbocycles. The van der Waals surface area contributed by atoms with Crippen LogP contribution < -0.4 is 10.6 Å². The van der Waals surface area contributed by atoms with Crippen LogP contribution in [0.25, 0.3) is 0 Å². The highest BCUT2D eigenvalue weighted by Crippen LogP contribution is 2.03. The molecular weight excluding hydrogens is 236 g/mol. The fraction of sp³-hybridized carbons (Fsp3) is 0.455. The third-order valence-corrected chi connectivity index (χ3v) is 2.17. The molecule has 92 valence electrons. The number of anilines is 1. The Kier molecular flexibility index (Phi) is 4.51. The Hall–Kier alpha value is -1.56. The van der Waals surface area contributed by atoms with E-state index >= 15 is 0 Å². The predicted molar refractivity (Wildman–Crippen MR) is 70.7 cm³/mol. The van der Waals surface area contributed by atoms with Crippen LogP contribution in [0.2, 0.25) is 0 Å². The number of carbonyl (C=O) groups is 1. The zero-order valence-electron chi connectivity index (χ0n) is 10.4. The Morgan fingerprint density at radius 3 is 2.29 bits per heavy atom. The maximum Gasteiger partial charge on any atom is 0.229 e. The standard InChI is InChI=1S/C11H16N4OS/c1-6(2)9(16)14-11(17)15-10-12-7(3)5-8(4)13-10/h5-6H,1-4H3,(H2,12,13,14,15,16,17). The molecule has 0 saturated heterocycles. The number of rotatable bonds is 2. The molecule has 0 unspecified atom stereocenters. The Morgan fingerprint density at radius 1 is 1.29 bits per heavy atom. The number of nitrogens with zero attached hydrogens (tertiary/aromatic N) is 2. The first-order valence-corrected chi connectivity index (χ1v) is 5.73. The molecular formula is C11H16N4OS. The second-order valence-corrected chi connectivity index (χ2v) is 4.48. The van der Waals surface area contributed by atoms with Crippen molar-refractivity contribution in [2.75, 3.05) is 5.32 Å². The molecule has 0 aliphatic rings. The highest BCUT2D eigenvalue weighted by molar-refractivity contribution is 7.80. The van der Waals surface area contributed by atoms with Crippen LogP contribution in [-0.2, 0) is 4.79 Å². The van der Waals surface area contributed by atoms with Crippen molar-refractivity contribution in [2.24, 2.45) is 5.92 Å². The average molecular weight is 252 g/mol. The summed E-state index contributed by atoms with van der Waals surface area (Å²) in [6.45, 7) is 7.34. The first-order valence-electron chi connectivity index (χ1n) is 5.32. The molecule has 0 radical (unpaired) electrons. The van der Waals surface area contributed by atoms with Gasteiger partial charge in [0.1, 0.15) is 0 Å². The van der Waals surface area contributed by atoms with E-state index in [1.165, 1.54) is 0 Å². The normalized spacial score (nSPS) is 10.2. The van der Waals surface area contributed by atoms with Gasteiger partial charge in [-0.15, -0.1) is 0 Å². The number of hydrogen-bond donors (Lipinski definition) is 2. The van der Waals surface area contributed by atoms with E-state index in [9.17, 15) is 4.79 Å². The molecule has 0 saturated carbocycles. The van der Waals surface area contributed by atoms with E-state index in [0.29, 0.717) is 5.95 Å². The summed E-state index contributed by atoms with van der Waals surface area (Å²) < 4.78 is 0. The summed E-state index contributed by atoms with van der Waals surface area (Å²) in [7, 11) is 0. The van der Waals surface area contributed by atoms with Gasteiger partial charge in [-0.3, -0.25) is 4.79 Å². The lowest BCUT2D eigenvalue weighted by Gasteiger charge is -2.10. The molecule has 1 aromatic rings. The maximum atomic E-state index is 11.4. The van der Waals surface area contributed by atoms with Gasteiger partial charge in [0.05, 0.1) is 0 Å². The van der Waals surface area contributed by atoms with E-state index < -0.39 is 0 Å². The van der Waals surface area contributed by atoms with Crippen molar-refractivity contribution in [1.82, 2.24) is 15.3 Å². The monoisotopic (exact) mass is 252 g/mol. The van der Waals surface area contributed by atoms with Gasteiger partial charge in [-0.2, -0.15) is 0 Å². The van der Waals surface area contributed by atoms with Crippen LogP contribution in [0.1, 0.15) is 25.2 Å². The molecule has 6 heteroatoms. The molecule has 1 heterocycles. The van der Waals surface area contributed by atoms with Gasteiger partial charge in [0.2, 0.25) is 11.9 Å². The van der Waals surface area contributed by atoms with Crippen molar-refractivity contribution in [3.05, 3.63) is 17.5 Å². The molecule has 1 rings (SSSR count). The van der Waals surface area contributed by atoms with E-state index in [1.54, 1.807) is 13.8 Å². The van der Waals surface area contributed by atoms with Crippen molar-refractivity contribution in [3.8, 4) is 0 Å². The molecule has 0 atom stereocenters. The minimum atomic E-state index is -0.133. The molecule has 2 N–H and O–H groups in total. The molecule has 0 aliphatic heterocycles. The highest BCUT2D eigenvalue weighted by Gasteiger charge is 2.09. The van der Waals surface area contributed by atoms with Crippen LogP contribution in [0.4, 0.5) is 5.95 Å². The first kappa shape index (κ1) is 13.5. The zero-order valence-corrected chi connectivity index (χ0v) is 11.2. The van der Waals surface area contributed by atoms with E-state index in [1.807, 2.05) is 19.9 Å². The third kappa shape index (κ3) is 4.44. The van der Waals surface area contributed by atoms with Gasteiger partial charge in [0.25, 0.3) is 0 Å². The Labute approximate surface area is 106 Å². The minimum Gasteiger partial charge on any atom is -0.303 e. The summed E-state index contributed by atoms with van der Waals surface area (Å²) in [5.74, 6) is 0.151. The second kappa shape index (κ2) is 5.67. The SMILES string of the molecule is Cc1cc(C)nc(NC(=S)NC(=O)C(C)C)n1. The number of aromatic nitrogens is 2. The van der Waals surface area contributed by atoms with Crippen LogP contribution in [0, 0.1) is 19.8 Å². The number of thiocarbonyl (C=S) groups is 1.